The highest BCUT2D eigenvalue weighted by molar-refractivity contribution is 5.90. The lowest BCUT2D eigenvalue weighted by Gasteiger charge is -2.36. The Balaban J connectivity index is 2.12. The number of likely N-dealkylation sites (N-methyl/N-ethyl adjacent to an activating group) is 1. The summed E-state index contributed by atoms with van der Waals surface area (Å²) < 4.78 is 0. The number of nitrogens with one attached hydrogen (secondary N) is 2. The van der Waals surface area contributed by atoms with Gasteiger partial charge in [0.1, 0.15) is 6.04 Å². The number of carbonyl (C=O) groups is 3. The van der Waals surface area contributed by atoms with Crippen molar-refractivity contribution in [2.24, 2.45) is 11.3 Å². The minimum atomic E-state index is -0.588. The van der Waals surface area contributed by atoms with Crippen LogP contribution in [0, 0.1) is 11.3 Å². The highest BCUT2D eigenvalue weighted by Crippen LogP contribution is 2.34. The predicted molar refractivity (Wildman–Crippen MR) is 110 cm³/mol. The van der Waals surface area contributed by atoms with E-state index in [1.165, 1.54) is 0 Å². The molecule has 0 aromatic carbocycles. The van der Waals surface area contributed by atoms with E-state index < -0.39 is 11.5 Å². The average Bonchev–Trinajstić information content (AvgIpc) is 3.18. The third-order valence-electron chi connectivity index (χ3n) is 5.99. The van der Waals surface area contributed by atoms with Crippen LogP contribution >= 0.6 is 0 Å². The first-order valence-electron chi connectivity index (χ1n) is 10.5. The monoisotopic (exact) mass is 394 g/mol. The van der Waals surface area contributed by atoms with Gasteiger partial charge in [0.05, 0.1) is 18.1 Å². The molecule has 2 aliphatic rings. The normalized spacial score (nSPS) is 24.3. The van der Waals surface area contributed by atoms with Gasteiger partial charge in [-0.15, -0.1) is 0 Å². The van der Waals surface area contributed by atoms with Crippen LogP contribution in [0.4, 0.5) is 0 Å². The SMILES string of the molecule is CN[C@@H](C)C(=O)NC(C(=O)N1CC[C@@H]2[C@H]1CCN2C(=O)CC(C)C)C(C)(C)C. The van der Waals surface area contributed by atoms with Crippen molar-refractivity contribution in [1.29, 1.82) is 0 Å². The highest BCUT2D eigenvalue weighted by atomic mass is 16.2. The number of likely N-dealkylation sites (tertiary alicyclic amines) is 2. The fraction of sp³-hybridized carbons (Fsp3) is 0.857. The molecule has 1 unspecified atom stereocenters. The van der Waals surface area contributed by atoms with E-state index in [4.69, 9.17) is 0 Å². The Morgan fingerprint density at radius 3 is 2.04 bits per heavy atom. The summed E-state index contributed by atoms with van der Waals surface area (Å²) in [7, 11) is 1.73. The second kappa shape index (κ2) is 8.80. The molecule has 2 fully saturated rings. The third-order valence-corrected chi connectivity index (χ3v) is 5.99. The van der Waals surface area contributed by atoms with Crippen molar-refractivity contribution in [2.45, 2.75) is 85.0 Å². The van der Waals surface area contributed by atoms with Crippen LogP contribution in [0.3, 0.4) is 0 Å². The molecule has 0 spiro atoms. The number of rotatable bonds is 6. The number of nitrogens with zero attached hydrogens (tertiary/aromatic N) is 2. The molecule has 0 aromatic rings. The first-order chi connectivity index (χ1) is 13.0. The maximum absolute atomic E-state index is 13.4. The zero-order chi connectivity index (χ0) is 21.2. The molecule has 2 rings (SSSR count). The van der Waals surface area contributed by atoms with Crippen molar-refractivity contribution >= 4 is 17.7 Å². The van der Waals surface area contributed by atoms with Gasteiger partial charge in [0.2, 0.25) is 17.7 Å². The number of amides is 3. The van der Waals surface area contributed by atoms with Gasteiger partial charge in [0.25, 0.3) is 0 Å². The molecule has 2 aliphatic heterocycles. The van der Waals surface area contributed by atoms with E-state index in [-0.39, 0.29) is 35.8 Å². The Labute approximate surface area is 169 Å². The second-order valence-corrected chi connectivity index (χ2v) is 9.75. The summed E-state index contributed by atoms with van der Waals surface area (Å²) >= 11 is 0. The van der Waals surface area contributed by atoms with Crippen LogP contribution < -0.4 is 10.6 Å². The Morgan fingerprint density at radius 2 is 1.54 bits per heavy atom. The summed E-state index contributed by atoms with van der Waals surface area (Å²) in [6, 6.07) is -0.774. The van der Waals surface area contributed by atoms with Gasteiger partial charge in [-0.2, -0.15) is 0 Å². The lowest BCUT2D eigenvalue weighted by Crippen LogP contribution is -2.58. The molecule has 4 atom stereocenters. The summed E-state index contributed by atoms with van der Waals surface area (Å²) in [6.45, 7) is 13.2. The van der Waals surface area contributed by atoms with Crippen LogP contribution in [0.25, 0.3) is 0 Å². The van der Waals surface area contributed by atoms with E-state index in [0.29, 0.717) is 25.4 Å². The Morgan fingerprint density at radius 1 is 1.00 bits per heavy atom. The van der Waals surface area contributed by atoms with Crippen LogP contribution in [0.1, 0.15) is 60.8 Å². The molecule has 7 heteroatoms. The van der Waals surface area contributed by atoms with E-state index in [1.807, 2.05) is 30.6 Å². The van der Waals surface area contributed by atoms with Crippen molar-refractivity contribution in [2.75, 3.05) is 20.1 Å². The van der Waals surface area contributed by atoms with E-state index in [9.17, 15) is 14.4 Å². The zero-order valence-electron chi connectivity index (χ0n) is 18.5. The molecule has 0 aromatic heterocycles. The molecule has 0 bridgehead atoms. The first kappa shape index (κ1) is 22.7. The molecular formula is C21H38N4O3. The summed E-state index contributed by atoms with van der Waals surface area (Å²) in [5, 5.41) is 5.87. The summed E-state index contributed by atoms with van der Waals surface area (Å²) in [5.41, 5.74) is -0.399. The minimum Gasteiger partial charge on any atom is -0.342 e. The maximum Gasteiger partial charge on any atom is 0.246 e. The molecule has 2 saturated heterocycles. The van der Waals surface area contributed by atoms with E-state index >= 15 is 0 Å². The fourth-order valence-corrected chi connectivity index (χ4v) is 4.25. The predicted octanol–water partition coefficient (Wildman–Crippen LogP) is 1.37. The maximum atomic E-state index is 13.4. The van der Waals surface area contributed by atoms with Crippen LogP contribution in [0.2, 0.25) is 0 Å². The smallest absolute Gasteiger partial charge is 0.246 e. The van der Waals surface area contributed by atoms with Crippen molar-refractivity contribution in [3.05, 3.63) is 0 Å². The minimum absolute atomic E-state index is 0.0326. The average molecular weight is 395 g/mol. The van der Waals surface area contributed by atoms with Gasteiger partial charge in [-0.3, -0.25) is 14.4 Å². The summed E-state index contributed by atoms with van der Waals surface area (Å²) in [6.07, 6.45) is 2.19. The standard InChI is InChI=1S/C21H38N4O3/c1-13(2)12-17(26)24-10-8-16-15(24)9-11-25(16)20(28)18(21(4,5)6)23-19(27)14(3)22-7/h13-16,18,22H,8-12H2,1-7H3,(H,23,27)/t14-,15+,16+,18?/m0/s1. The molecule has 3 amide bonds. The summed E-state index contributed by atoms with van der Waals surface area (Å²) in [4.78, 5) is 42.3. The quantitative estimate of drug-likeness (QED) is 0.713. The van der Waals surface area contributed by atoms with Gasteiger partial charge >= 0.3 is 0 Å². The lowest BCUT2D eigenvalue weighted by molar-refractivity contribution is -0.140. The Hall–Kier alpha value is -1.63. The van der Waals surface area contributed by atoms with Crippen molar-refractivity contribution in [3.63, 3.8) is 0 Å². The molecule has 2 N–H and O–H groups in total. The number of fused-ring (bicyclic) bond motifs is 1. The third kappa shape index (κ3) is 4.85. The summed E-state index contributed by atoms with van der Waals surface area (Å²) in [5.74, 6) is 0.321. The topological polar surface area (TPSA) is 81.8 Å². The van der Waals surface area contributed by atoms with Gasteiger partial charge in [-0.25, -0.2) is 0 Å². The van der Waals surface area contributed by atoms with Crippen LogP contribution in [0.15, 0.2) is 0 Å². The highest BCUT2D eigenvalue weighted by Gasteiger charge is 2.48. The molecular weight excluding hydrogens is 356 g/mol. The van der Waals surface area contributed by atoms with Crippen LogP contribution in [-0.4, -0.2) is 71.8 Å². The molecule has 2 heterocycles. The van der Waals surface area contributed by atoms with Gasteiger partial charge in [0.15, 0.2) is 0 Å². The van der Waals surface area contributed by atoms with Gasteiger partial charge in [0, 0.05) is 19.5 Å². The molecule has 28 heavy (non-hydrogen) atoms. The number of carbonyl (C=O) groups excluding carboxylic acids is 3. The molecule has 160 valence electrons. The Bertz CT molecular complexity index is 599. The van der Waals surface area contributed by atoms with E-state index in [2.05, 4.69) is 24.5 Å². The van der Waals surface area contributed by atoms with Crippen LogP contribution in [0.5, 0.6) is 0 Å². The van der Waals surface area contributed by atoms with Gasteiger partial charge < -0.3 is 20.4 Å². The lowest BCUT2D eigenvalue weighted by atomic mass is 9.85. The zero-order valence-corrected chi connectivity index (χ0v) is 18.5. The van der Waals surface area contributed by atoms with Gasteiger partial charge in [-0.1, -0.05) is 34.6 Å². The molecule has 0 saturated carbocycles. The first-order valence-corrected chi connectivity index (χ1v) is 10.5. The van der Waals surface area contributed by atoms with Crippen molar-refractivity contribution in [3.8, 4) is 0 Å². The van der Waals surface area contributed by atoms with Crippen molar-refractivity contribution < 1.29 is 14.4 Å². The van der Waals surface area contributed by atoms with Gasteiger partial charge in [-0.05, 0) is 38.1 Å². The largest absolute Gasteiger partial charge is 0.342 e. The number of hydrogen-bond donors (Lipinski definition) is 2. The fourth-order valence-electron chi connectivity index (χ4n) is 4.25. The molecule has 7 nitrogen and oxygen atoms in total. The Kier molecular flexibility index (Phi) is 7.12. The van der Waals surface area contributed by atoms with E-state index in [1.54, 1.807) is 14.0 Å². The number of hydrogen-bond acceptors (Lipinski definition) is 4. The second-order valence-electron chi connectivity index (χ2n) is 9.75. The van der Waals surface area contributed by atoms with E-state index in [0.717, 1.165) is 12.8 Å². The van der Waals surface area contributed by atoms with Crippen molar-refractivity contribution in [1.82, 2.24) is 20.4 Å². The van der Waals surface area contributed by atoms with Crippen LogP contribution in [-0.2, 0) is 14.4 Å². The molecule has 0 radical (unpaired) electrons. The molecule has 0 aliphatic carbocycles.